The zero-order chi connectivity index (χ0) is 14.7. The first-order valence-corrected chi connectivity index (χ1v) is 6.65. The van der Waals surface area contributed by atoms with Crippen molar-refractivity contribution in [2.75, 3.05) is 5.73 Å². The van der Waals surface area contributed by atoms with Gasteiger partial charge in [0.2, 0.25) is 11.4 Å². The van der Waals surface area contributed by atoms with Crippen LogP contribution in [0.1, 0.15) is 5.56 Å². The zero-order valence-corrected chi connectivity index (χ0v) is 11.4. The van der Waals surface area contributed by atoms with E-state index in [-0.39, 0.29) is 0 Å². The molecule has 3 aromatic rings. The van der Waals surface area contributed by atoms with Gasteiger partial charge < -0.3 is 5.73 Å². The summed E-state index contributed by atoms with van der Waals surface area (Å²) in [5.74, 6) is 0. The fourth-order valence-electron chi connectivity index (χ4n) is 2.30. The predicted molar refractivity (Wildman–Crippen MR) is 82.5 cm³/mol. The van der Waals surface area contributed by atoms with E-state index < -0.39 is 0 Å². The Kier molecular flexibility index (Phi) is 3.36. The summed E-state index contributed by atoms with van der Waals surface area (Å²) in [7, 11) is 0. The Morgan fingerprint density at radius 3 is 2.48 bits per heavy atom. The fourth-order valence-corrected chi connectivity index (χ4v) is 2.30. The average Bonchev–Trinajstić information content (AvgIpc) is 2.55. The molecule has 0 amide bonds. The molecule has 0 fully saturated rings. The van der Waals surface area contributed by atoms with Crippen molar-refractivity contribution in [2.24, 2.45) is 0 Å². The van der Waals surface area contributed by atoms with Gasteiger partial charge in [-0.05, 0) is 24.3 Å². The van der Waals surface area contributed by atoms with Crippen molar-refractivity contribution in [1.29, 1.82) is 5.26 Å². The number of aromatic nitrogens is 1. The van der Waals surface area contributed by atoms with Gasteiger partial charge in [-0.1, -0.05) is 24.3 Å². The van der Waals surface area contributed by atoms with Gasteiger partial charge in [-0.3, -0.25) is 0 Å². The number of nitriles is 1. The van der Waals surface area contributed by atoms with Crippen LogP contribution in [0.3, 0.4) is 0 Å². The Bertz CT molecular complexity index is 817. The van der Waals surface area contributed by atoms with Gasteiger partial charge in [-0.25, -0.2) is 0 Å². The van der Waals surface area contributed by atoms with Crippen molar-refractivity contribution in [2.45, 2.75) is 0 Å². The molecule has 3 nitrogen and oxygen atoms in total. The number of benzene rings is 2. The normalized spacial score (nSPS) is 10.0. The van der Waals surface area contributed by atoms with E-state index in [4.69, 9.17) is 11.0 Å². The molecule has 2 aromatic carbocycles. The van der Waals surface area contributed by atoms with Gasteiger partial charge in [-0.15, -0.1) is 0 Å². The predicted octanol–water partition coefficient (Wildman–Crippen LogP) is 3.08. The molecule has 0 bridgehead atoms. The lowest BCUT2D eigenvalue weighted by Gasteiger charge is -2.05. The second-order valence-corrected chi connectivity index (χ2v) is 4.75. The smallest absolute Gasteiger partial charge is 0.218 e. The summed E-state index contributed by atoms with van der Waals surface area (Å²) in [4.78, 5) is 0. The third kappa shape index (κ3) is 2.60. The molecule has 0 atom stereocenters. The number of hydrogen-bond acceptors (Lipinski definition) is 2. The zero-order valence-electron chi connectivity index (χ0n) is 11.4. The largest absolute Gasteiger partial charge is 0.394 e. The molecule has 0 aliphatic rings. The van der Waals surface area contributed by atoms with Crippen molar-refractivity contribution in [3.05, 3.63) is 78.5 Å². The quantitative estimate of drug-likeness (QED) is 0.729. The molecule has 1 heterocycles. The summed E-state index contributed by atoms with van der Waals surface area (Å²) in [5.41, 5.74) is 10.3. The second-order valence-electron chi connectivity index (χ2n) is 4.75. The minimum Gasteiger partial charge on any atom is -0.394 e. The number of nitrogens with zero attached hydrogens (tertiary/aromatic N) is 2. The summed E-state index contributed by atoms with van der Waals surface area (Å²) in [5, 5.41) is 9.06. The van der Waals surface area contributed by atoms with Gasteiger partial charge in [0, 0.05) is 23.8 Å². The average molecular weight is 272 g/mol. The van der Waals surface area contributed by atoms with Crippen LogP contribution in [0.15, 0.2) is 72.9 Å². The third-order valence-corrected chi connectivity index (χ3v) is 3.29. The highest BCUT2D eigenvalue weighted by Gasteiger charge is 2.16. The lowest BCUT2D eigenvalue weighted by atomic mass is 10.1. The monoisotopic (exact) mass is 272 g/mol. The first kappa shape index (κ1) is 12.9. The van der Waals surface area contributed by atoms with Crippen molar-refractivity contribution in [3.63, 3.8) is 0 Å². The molecule has 0 unspecified atom stereocenters. The Morgan fingerprint density at radius 2 is 1.71 bits per heavy atom. The van der Waals surface area contributed by atoms with E-state index in [1.54, 1.807) is 6.07 Å². The molecule has 0 aliphatic carbocycles. The van der Waals surface area contributed by atoms with Crippen LogP contribution in [0, 0.1) is 11.3 Å². The summed E-state index contributed by atoms with van der Waals surface area (Å²) in [6, 6.07) is 23.6. The fraction of sp³-hybridized carbons (Fsp3) is 0. The highest BCUT2D eigenvalue weighted by Crippen LogP contribution is 2.19. The van der Waals surface area contributed by atoms with Crippen LogP contribution in [0.4, 0.5) is 5.69 Å². The summed E-state index contributed by atoms with van der Waals surface area (Å²) in [6.07, 6.45) is 1.89. The molecule has 0 radical (unpaired) electrons. The highest BCUT2D eigenvalue weighted by atomic mass is 15.0. The summed E-state index contributed by atoms with van der Waals surface area (Å²) in [6.45, 7) is 0. The van der Waals surface area contributed by atoms with E-state index in [0.717, 1.165) is 16.9 Å². The number of pyridine rings is 1. The van der Waals surface area contributed by atoms with Gasteiger partial charge in [0.25, 0.3) is 0 Å². The molecule has 3 heteroatoms. The van der Waals surface area contributed by atoms with Gasteiger partial charge in [0.05, 0.1) is 17.3 Å². The molecule has 100 valence electrons. The maximum atomic E-state index is 9.06. The van der Waals surface area contributed by atoms with Crippen LogP contribution in [0.25, 0.3) is 16.9 Å². The Labute approximate surface area is 123 Å². The lowest BCUT2D eigenvalue weighted by Crippen LogP contribution is -2.33. The topological polar surface area (TPSA) is 53.7 Å². The molecule has 2 N–H and O–H groups in total. The van der Waals surface area contributed by atoms with Crippen molar-refractivity contribution < 1.29 is 4.57 Å². The van der Waals surface area contributed by atoms with Gasteiger partial charge >= 0.3 is 0 Å². The minimum atomic E-state index is 0.643. The number of nitrogen functional groups attached to an aromatic ring is 1. The maximum Gasteiger partial charge on any atom is 0.218 e. The highest BCUT2D eigenvalue weighted by molar-refractivity contribution is 5.60. The van der Waals surface area contributed by atoms with Crippen LogP contribution < -0.4 is 10.3 Å². The van der Waals surface area contributed by atoms with Gasteiger partial charge in [0.15, 0.2) is 6.20 Å². The lowest BCUT2D eigenvalue weighted by molar-refractivity contribution is -0.583. The van der Waals surface area contributed by atoms with Gasteiger partial charge in [-0.2, -0.15) is 9.83 Å². The standard InChI is InChI=1S/C18H14N3/c19-12-14-5-4-6-15(11-14)18-10-9-16(20)13-21(18)17-7-2-1-3-8-17/h1-11,13H,20H2/q+1. The number of nitrogens with two attached hydrogens (primary N) is 1. The molecule has 0 saturated heterocycles. The first-order chi connectivity index (χ1) is 10.3. The third-order valence-electron chi connectivity index (χ3n) is 3.29. The van der Waals surface area contributed by atoms with Gasteiger partial charge in [0.1, 0.15) is 0 Å². The van der Waals surface area contributed by atoms with Crippen LogP contribution in [0.5, 0.6) is 0 Å². The molecular formula is C18H14N3+. The molecule has 3 rings (SSSR count). The maximum absolute atomic E-state index is 9.06. The van der Waals surface area contributed by atoms with Crippen molar-refractivity contribution >= 4 is 5.69 Å². The molecular weight excluding hydrogens is 258 g/mol. The van der Waals surface area contributed by atoms with Crippen molar-refractivity contribution in [1.82, 2.24) is 0 Å². The number of anilines is 1. The van der Waals surface area contributed by atoms with E-state index in [0.29, 0.717) is 11.3 Å². The first-order valence-electron chi connectivity index (χ1n) is 6.65. The molecule has 1 aromatic heterocycles. The molecule has 0 saturated carbocycles. The van der Waals surface area contributed by atoms with Crippen LogP contribution in [0.2, 0.25) is 0 Å². The van der Waals surface area contributed by atoms with E-state index in [9.17, 15) is 0 Å². The van der Waals surface area contributed by atoms with Crippen LogP contribution in [-0.4, -0.2) is 0 Å². The Hall–Kier alpha value is -3.12. The van der Waals surface area contributed by atoms with E-state index in [1.165, 1.54) is 0 Å². The van der Waals surface area contributed by atoms with E-state index in [2.05, 4.69) is 6.07 Å². The number of rotatable bonds is 2. The second kappa shape index (κ2) is 5.48. The van der Waals surface area contributed by atoms with E-state index in [1.807, 2.05) is 71.4 Å². The van der Waals surface area contributed by atoms with E-state index >= 15 is 0 Å². The number of hydrogen-bond donors (Lipinski definition) is 1. The SMILES string of the molecule is N#Cc1cccc(-c2ccc(N)c[n+]2-c2ccccc2)c1. The minimum absolute atomic E-state index is 0.643. The molecule has 21 heavy (non-hydrogen) atoms. The summed E-state index contributed by atoms with van der Waals surface area (Å²) < 4.78 is 2.03. The molecule has 0 aliphatic heterocycles. The van der Waals surface area contributed by atoms with Crippen LogP contribution in [-0.2, 0) is 0 Å². The summed E-state index contributed by atoms with van der Waals surface area (Å²) >= 11 is 0. The van der Waals surface area contributed by atoms with Crippen molar-refractivity contribution in [3.8, 4) is 23.0 Å². The molecule has 0 spiro atoms. The van der Waals surface area contributed by atoms with Crippen LogP contribution >= 0.6 is 0 Å². The Morgan fingerprint density at radius 1 is 0.905 bits per heavy atom. The Balaban J connectivity index is 2.21. The number of para-hydroxylation sites is 1.